The number of hydrogen-bond acceptors (Lipinski definition) is 2. The third kappa shape index (κ3) is 3.85. The van der Waals surface area contributed by atoms with Gasteiger partial charge >= 0.3 is 6.03 Å². The number of fused-ring (bicyclic) bond motifs is 1. The number of anilines is 1. The van der Waals surface area contributed by atoms with Crippen molar-refractivity contribution >= 4 is 22.5 Å². The van der Waals surface area contributed by atoms with Gasteiger partial charge < -0.3 is 10.6 Å². The van der Waals surface area contributed by atoms with Crippen LogP contribution in [0.3, 0.4) is 0 Å². The Morgan fingerprint density at radius 2 is 2.14 bits per heavy atom. The van der Waals surface area contributed by atoms with Gasteiger partial charge in [0.2, 0.25) is 0 Å². The van der Waals surface area contributed by atoms with Crippen molar-refractivity contribution in [3.63, 3.8) is 0 Å². The van der Waals surface area contributed by atoms with Gasteiger partial charge in [-0.05, 0) is 55.7 Å². The number of hydrogen-bond donors (Lipinski definition) is 2. The highest BCUT2D eigenvalue weighted by atomic mass is 16.2. The molecule has 1 aromatic carbocycles. The largest absolute Gasteiger partial charge is 0.338 e. The Bertz CT molecular complexity index is 694. The Morgan fingerprint density at radius 3 is 3.00 bits per heavy atom. The number of urea groups is 1. The summed E-state index contributed by atoms with van der Waals surface area (Å²) in [7, 11) is 0. The van der Waals surface area contributed by atoms with Gasteiger partial charge in [0.1, 0.15) is 0 Å². The first-order valence-electron chi connectivity index (χ1n) is 7.88. The monoisotopic (exact) mass is 295 g/mol. The number of benzene rings is 1. The van der Waals surface area contributed by atoms with Crippen LogP contribution in [-0.2, 0) is 0 Å². The summed E-state index contributed by atoms with van der Waals surface area (Å²) in [5.74, 6) is 0. The minimum absolute atomic E-state index is 0.148. The predicted molar refractivity (Wildman–Crippen MR) is 89.9 cm³/mol. The van der Waals surface area contributed by atoms with E-state index in [0.29, 0.717) is 6.54 Å². The van der Waals surface area contributed by atoms with Crippen molar-refractivity contribution in [2.75, 3.05) is 11.9 Å². The molecule has 1 heterocycles. The van der Waals surface area contributed by atoms with E-state index in [1.165, 1.54) is 31.3 Å². The second-order valence-electron chi connectivity index (χ2n) is 5.68. The topological polar surface area (TPSA) is 54.0 Å². The van der Waals surface area contributed by atoms with Crippen molar-refractivity contribution in [2.24, 2.45) is 0 Å². The zero-order valence-corrected chi connectivity index (χ0v) is 12.6. The molecule has 0 atom stereocenters. The van der Waals surface area contributed by atoms with Gasteiger partial charge in [0.25, 0.3) is 0 Å². The summed E-state index contributed by atoms with van der Waals surface area (Å²) in [5, 5.41) is 7.94. The fourth-order valence-electron chi connectivity index (χ4n) is 2.80. The first kappa shape index (κ1) is 14.6. The lowest BCUT2D eigenvalue weighted by molar-refractivity contribution is 0.252. The molecule has 0 bridgehead atoms. The lowest BCUT2D eigenvalue weighted by atomic mass is 9.97. The number of pyridine rings is 1. The molecule has 0 fully saturated rings. The molecule has 1 aromatic heterocycles. The van der Waals surface area contributed by atoms with Crippen LogP contribution in [0.1, 0.15) is 32.1 Å². The van der Waals surface area contributed by atoms with Gasteiger partial charge in [-0.3, -0.25) is 4.98 Å². The number of rotatable bonds is 4. The Labute approximate surface area is 130 Å². The summed E-state index contributed by atoms with van der Waals surface area (Å²) in [4.78, 5) is 16.0. The molecule has 4 nitrogen and oxygen atoms in total. The molecule has 114 valence electrons. The maximum Gasteiger partial charge on any atom is 0.319 e. The second-order valence-corrected chi connectivity index (χ2v) is 5.68. The van der Waals surface area contributed by atoms with Crippen LogP contribution >= 0.6 is 0 Å². The SMILES string of the molecule is O=C(NCCC1=CCCCC1)Nc1ccc2cnccc2c1. The molecule has 0 unspecified atom stereocenters. The normalized spacial score (nSPS) is 14.5. The van der Waals surface area contributed by atoms with E-state index in [9.17, 15) is 4.79 Å². The Hall–Kier alpha value is -2.36. The zero-order valence-electron chi connectivity index (χ0n) is 12.6. The summed E-state index contributed by atoms with van der Waals surface area (Å²) in [6, 6.07) is 7.61. The Balaban J connectivity index is 1.51. The van der Waals surface area contributed by atoms with Crippen molar-refractivity contribution in [2.45, 2.75) is 32.1 Å². The standard InChI is InChI=1S/C18H21N3O/c22-18(20-11-8-14-4-2-1-3-5-14)21-17-7-6-16-13-19-10-9-15(16)12-17/h4,6-7,9-10,12-13H,1-3,5,8,11H2,(H2,20,21,22). The minimum atomic E-state index is -0.148. The van der Waals surface area contributed by atoms with Gasteiger partial charge in [-0.25, -0.2) is 4.79 Å². The number of amides is 2. The van der Waals surface area contributed by atoms with Crippen LogP contribution in [0.2, 0.25) is 0 Å². The average Bonchev–Trinajstić information content (AvgIpc) is 2.56. The van der Waals surface area contributed by atoms with Crippen molar-refractivity contribution in [3.8, 4) is 0 Å². The van der Waals surface area contributed by atoms with Crippen molar-refractivity contribution in [3.05, 3.63) is 48.3 Å². The van der Waals surface area contributed by atoms with E-state index >= 15 is 0 Å². The lowest BCUT2D eigenvalue weighted by Gasteiger charge is -2.13. The van der Waals surface area contributed by atoms with E-state index in [1.54, 1.807) is 6.20 Å². The molecule has 3 rings (SSSR count). The highest BCUT2D eigenvalue weighted by molar-refractivity contribution is 5.93. The lowest BCUT2D eigenvalue weighted by Crippen LogP contribution is -2.29. The van der Waals surface area contributed by atoms with Crippen LogP contribution in [0, 0.1) is 0 Å². The third-order valence-electron chi connectivity index (χ3n) is 4.02. The first-order chi connectivity index (χ1) is 10.8. The summed E-state index contributed by atoms with van der Waals surface area (Å²) in [5.41, 5.74) is 2.28. The number of carbonyl (C=O) groups excluding carboxylic acids is 1. The summed E-state index contributed by atoms with van der Waals surface area (Å²) in [6.07, 6.45) is 11.8. The molecular weight excluding hydrogens is 274 g/mol. The van der Waals surface area contributed by atoms with E-state index in [-0.39, 0.29) is 6.03 Å². The van der Waals surface area contributed by atoms with Crippen molar-refractivity contribution < 1.29 is 4.79 Å². The molecule has 0 saturated heterocycles. The number of nitrogens with one attached hydrogen (secondary N) is 2. The summed E-state index contributed by atoms with van der Waals surface area (Å²) >= 11 is 0. The fraction of sp³-hybridized carbons (Fsp3) is 0.333. The van der Waals surface area contributed by atoms with Gasteiger partial charge in [-0.1, -0.05) is 17.7 Å². The van der Waals surface area contributed by atoms with E-state index in [0.717, 1.165) is 22.9 Å². The van der Waals surface area contributed by atoms with Gasteiger partial charge in [0, 0.05) is 30.0 Å². The van der Waals surface area contributed by atoms with Crippen LogP contribution < -0.4 is 10.6 Å². The van der Waals surface area contributed by atoms with Crippen molar-refractivity contribution in [1.29, 1.82) is 0 Å². The summed E-state index contributed by atoms with van der Waals surface area (Å²) < 4.78 is 0. The second kappa shape index (κ2) is 7.07. The average molecular weight is 295 g/mol. The number of nitrogens with zero attached hydrogens (tertiary/aromatic N) is 1. The molecule has 4 heteroatoms. The highest BCUT2D eigenvalue weighted by Crippen LogP contribution is 2.20. The van der Waals surface area contributed by atoms with Crippen LogP contribution in [0.25, 0.3) is 10.8 Å². The van der Waals surface area contributed by atoms with Gasteiger partial charge in [0.15, 0.2) is 0 Å². The molecule has 2 amide bonds. The zero-order chi connectivity index (χ0) is 15.2. The molecular formula is C18H21N3O. The van der Waals surface area contributed by atoms with Crippen LogP contribution in [0.15, 0.2) is 48.3 Å². The third-order valence-corrected chi connectivity index (χ3v) is 4.02. The van der Waals surface area contributed by atoms with E-state index in [4.69, 9.17) is 0 Å². The fourth-order valence-corrected chi connectivity index (χ4v) is 2.80. The molecule has 1 aliphatic rings. The Morgan fingerprint density at radius 1 is 1.18 bits per heavy atom. The molecule has 1 aliphatic carbocycles. The maximum atomic E-state index is 11.9. The number of carbonyl (C=O) groups is 1. The van der Waals surface area contributed by atoms with Gasteiger partial charge in [-0.2, -0.15) is 0 Å². The number of aromatic nitrogens is 1. The number of allylic oxidation sites excluding steroid dienone is 1. The van der Waals surface area contributed by atoms with Gasteiger partial charge in [0.05, 0.1) is 0 Å². The molecule has 0 spiro atoms. The molecule has 2 aromatic rings. The molecule has 0 saturated carbocycles. The van der Waals surface area contributed by atoms with E-state index < -0.39 is 0 Å². The molecule has 0 aliphatic heterocycles. The van der Waals surface area contributed by atoms with Crippen LogP contribution in [0.4, 0.5) is 10.5 Å². The Kier molecular flexibility index (Phi) is 4.68. The maximum absolute atomic E-state index is 11.9. The molecule has 22 heavy (non-hydrogen) atoms. The molecule has 2 N–H and O–H groups in total. The first-order valence-corrected chi connectivity index (χ1v) is 7.88. The van der Waals surface area contributed by atoms with E-state index in [2.05, 4.69) is 21.7 Å². The minimum Gasteiger partial charge on any atom is -0.338 e. The summed E-state index contributed by atoms with van der Waals surface area (Å²) in [6.45, 7) is 0.690. The quantitative estimate of drug-likeness (QED) is 0.829. The van der Waals surface area contributed by atoms with Gasteiger partial charge in [-0.15, -0.1) is 0 Å². The van der Waals surface area contributed by atoms with E-state index in [1.807, 2.05) is 30.5 Å². The van der Waals surface area contributed by atoms with Crippen LogP contribution in [0.5, 0.6) is 0 Å². The van der Waals surface area contributed by atoms with Crippen LogP contribution in [-0.4, -0.2) is 17.6 Å². The molecule has 0 radical (unpaired) electrons. The smallest absolute Gasteiger partial charge is 0.319 e. The highest BCUT2D eigenvalue weighted by Gasteiger charge is 2.05. The predicted octanol–water partition coefficient (Wildman–Crippen LogP) is 4.25. The van der Waals surface area contributed by atoms with Crippen molar-refractivity contribution in [1.82, 2.24) is 10.3 Å².